The summed E-state index contributed by atoms with van der Waals surface area (Å²) in [5.41, 5.74) is 6.44. The number of anilines is 1. The van der Waals surface area contributed by atoms with Gasteiger partial charge in [-0.25, -0.2) is 13.1 Å². The van der Waals surface area contributed by atoms with E-state index in [1.165, 1.54) is 18.4 Å². The molecule has 0 aromatic heterocycles. The molecule has 0 spiro atoms. The van der Waals surface area contributed by atoms with Crippen molar-refractivity contribution in [1.82, 2.24) is 4.72 Å². The average Bonchev–Trinajstić information content (AvgIpc) is 2.22. The van der Waals surface area contributed by atoms with E-state index >= 15 is 0 Å². The van der Waals surface area contributed by atoms with Crippen molar-refractivity contribution >= 4 is 38.1 Å². The van der Waals surface area contributed by atoms with Crippen LogP contribution in [0.1, 0.15) is 5.56 Å². The van der Waals surface area contributed by atoms with Crippen LogP contribution in [0.15, 0.2) is 17.0 Å². The van der Waals surface area contributed by atoms with Crippen LogP contribution in [0.4, 0.5) is 5.69 Å². The highest BCUT2D eigenvalue weighted by atomic mass is 35.5. The third kappa shape index (κ3) is 3.94. The van der Waals surface area contributed by atoms with E-state index in [2.05, 4.69) is 4.72 Å². The fraction of sp³-hybridized carbons (Fsp3) is 0.400. The van der Waals surface area contributed by atoms with Crippen molar-refractivity contribution in [2.45, 2.75) is 11.8 Å². The molecule has 0 bridgehead atoms. The Balaban J connectivity index is 3.02. The molecule has 1 aromatic carbocycles. The quantitative estimate of drug-likeness (QED) is 0.790. The van der Waals surface area contributed by atoms with Crippen LogP contribution < -0.4 is 10.5 Å². The molecule has 0 saturated heterocycles. The highest BCUT2D eigenvalue weighted by Crippen LogP contribution is 2.25. The lowest BCUT2D eigenvalue weighted by Crippen LogP contribution is -2.28. The number of rotatable bonds is 5. The van der Waals surface area contributed by atoms with E-state index < -0.39 is 20.8 Å². The zero-order valence-electron chi connectivity index (χ0n) is 10.1. The molecule has 1 unspecified atom stereocenters. The monoisotopic (exact) mass is 310 g/mol. The predicted octanol–water partition coefficient (Wildman–Crippen LogP) is 0.887. The van der Waals surface area contributed by atoms with E-state index in [-0.39, 0.29) is 22.2 Å². The van der Waals surface area contributed by atoms with Crippen LogP contribution in [0.25, 0.3) is 0 Å². The summed E-state index contributed by atoms with van der Waals surface area (Å²) in [6, 6.07) is 2.84. The third-order valence-corrected chi connectivity index (χ3v) is 4.92. The Labute approximate surface area is 114 Å². The molecule has 5 nitrogen and oxygen atoms in total. The highest BCUT2D eigenvalue weighted by Gasteiger charge is 2.18. The first-order chi connectivity index (χ1) is 8.24. The predicted molar refractivity (Wildman–Crippen MR) is 74.7 cm³/mol. The molecule has 0 saturated carbocycles. The standard InChI is InChI=1S/C10H15ClN2O3S2/c1-7-9(12)5-8(11)6-10(7)18(15,16)13-3-4-17(2)14/h5-6,13H,3-4,12H2,1-2H3. The third-order valence-electron chi connectivity index (χ3n) is 2.34. The van der Waals surface area contributed by atoms with Crippen LogP contribution in [0, 0.1) is 6.92 Å². The van der Waals surface area contributed by atoms with Crippen LogP contribution in [-0.4, -0.2) is 31.2 Å². The number of nitrogens with two attached hydrogens (primary N) is 1. The van der Waals surface area contributed by atoms with E-state index in [4.69, 9.17) is 17.3 Å². The molecule has 102 valence electrons. The maximum Gasteiger partial charge on any atom is 0.240 e. The van der Waals surface area contributed by atoms with Gasteiger partial charge < -0.3 is 5.73 Å². The molecule has 1 aromatic rings. The van der Waals surface area contributed by atoms with E-state index in [0.29, 0.717) is 11.3 Å². The molecule has 0 heterocycles. The average molecular weight is 311 g/mol. The molecule has 1 atom stereocenters. The van der Waals surface area contributed by atoms with Crippen molar-refractivity contribution in [3.05, 3.63) is 22.7 Å². The normalized spacial score (nSPS) is 13.5. The minimum atomic E-state index is -3.68. The Morgan fingerprint density at radius 2 is 2.06 bits per heavy atom. The van der Waals surface area contributed by atoms with Gasteiger partial charge in [0.1, 0.15) is 0 Å². The van der Waals surface area contributed by atoms with Crippen molar-refractivity contribution in [1.29, 1.82) is 0 Å². The maximum atomic E-state index is 12.0. The summed E-state index contributed by atoms with van der Waals surface area (Å²) in [5.74, 6) is 0.258. The molecule has 8 heteroatoms. The van der Waals surface area contributed by atoms with Gasteiger partial charge in [-0.05, 0) is 24.6 Å². The van der Waals surface area contributed by atoms with Crippen LogP contribution >= 0.6 is 11.6 Å². The van der Waals surface area contributed by atoms with Crippen molar-refractivity contribution in [2.75, 3.05) is 24.3 Å². The van der Waals surface area contributed by atoms with E-state index in [1.807, 2.05) is 0 Å². The van der Waals surface area contributed by atoms with E-state index in [9.17, 15) is 12.6 Å². The molecular weight excluding hydrogens is 296 g/mol. The molecule has 0 aliphatic heterocycles. The summed E-state index contributed by atoms with van der Waals surface area (Å²) in [6.07, 6.45) is 1.51. The zero-order chi connectivity index (χ0) is 13.9. The molecule has 1 rings (SSSR count). The topological polar surface area (TPSA) is 89.3 Å². The molecule has 0 radical (unpaired) electrons. The van der Waals surface area contributed by atoms with Gasteiger partial charge in [-0.3, -0.25) is 4.21 Å². The minimum absolute atomic E-state index is 0.0504. The summed E-state index contributed by atoms with van der Waals surface area (Å²) in [4.78, 5) is 0.0504. The second-order valence-corrected chi connectivity index (χ2v) is 7.52. The maximum absolute atomic E-state index is 12.0. The van der Waals surface area contributed by atoms with Crippen LogP contribution in [0.5, 0.6) is 0 Å². The molecular formula is C10H15ClN2O3S2. The Bertz CT molecular complexity index is 573. The largest absolute Gasteiger partial charge is 0.398 e. The van der Waals surface area contributed by atoms with Gasteiger partial charge in [-0.15, -0.1) is 0 Å². The SMILES string of the molecule is Cc1c(N)cc(Cl)cc1S(=O)(=O)NCCS(C)=O. The van der Waals surface area contributed by atoms with Crippen LogP contribution in [0.2, 0.25) is 5.02 Å². The Morgan fingerprint density at radius 3 is 2.61 bits per heavy atom. The van der Waals surface area contributed by atoms with Gasteiger partial charge in [0.2, 0.25) is 10.0 Å². The number of benzene rings is 1. The van der Waals surface area contributed by atoms with Gasteiger partial charge in [0.15, 0.2) is 0 Å². The molecule has 0 amide bonds. The minimum Gasteiger partial charge on any atom is -0.398 e. The summed E-state index contributed by atoms with van der Waals surface area (Å²) in [7, 11) is -4.73. The smallest absolute Gasteiger partial charge is 0.240 e. The first-order valence-corrected chi connectivity index (χ1v) is 8.68. The second kappa shape index (κ2) is 6.01. The van der Waals surface area contributed by atoms with Gasteiger partial charge in [0.05, 0.1) is 4.90 Å². The number of hydrogen-bond donors (Lipinski definition) is 2. The molecule has 0 aliphatic carbocycles. The molecule has 0 aliphatic rings. The summed E-state index contributed by atoms with van der Waals surface area (Å²) >= 11 is 5.79. The molecule has 0 fully saturated rings. The van der Waals surface area contributed by atoms with Crippen molar-refractivity contribution < 1.29 is 12.6 Å². The molecule has 3 N–H and O–H groups in total. The second-order valence-electron chi connectivity index (χ2n) is 3.79. The Kier molecular flexibility index (Phi) is 5.15. The summed E-state index contributed by atoms with van der Waals surface area (Å²) in [6.45, 7) is 1.72. The van der Waals surface area contributed by atoms with Crippen LogP contribution in [0.3, 0.4) is 0 Å². The van der Waals surface area contributed by atoms with Gasteiger partial charge in [-0.1, -0.05) is 11.6 Å². The van der Waals surface area contributed by atoms with Gasteiger partial charge in [0, 0.05) is 40.1 Å². The van der Waals surface area contributed by atoms with Crippen molar-refractivity contribution in [3.63, 3.8) is 0 Å². The van der Waals surface area contributed by atoms with Crippen molar-refractivity contribution in [3.8, 4) is 0 Å². The van der Waals surface area contributed by atoms with Crippen LogP contribution in [-0.2, 0) is 20.8 Å². The summed E-state index contributed by atoms with van der Waals surface area (Å²) in [5, 5.41) is 0.262. The first kappa shape index (κ1) is 15.4. The van der Waals surface area contributed by atoms with E-state index in [1.54, 1.807) is 6.92 Å². The van der Waals surface area contributed by atoms with Crippen molar-refractivity contribution in [2.24, 2.45) is 0 Å². The lowest BCUT2D eigenvalue weighted by molar-refractivity contribution is 0.583. The number of nitrogen functional groups attached to an aromatic ring is 1. The van der Waals surface area contributed by atoms with Gasteiger partial charge in [-0.2, -0.15) is 0 Å². The lowest BCUT2D eigenvalue weighted by Gasteiger charge is -2.11. The fourth-order valence-corrected chi connectivity index (χ4v) is 3.49. The lowest BCUT2D eigenvalue weighted by atomic mass is 10.2. The van der Waals surface area contributed by atoms with E-state index in [0.717, 1.165) is 0 Å². The number of halogens is 1. The Hall–Kier alpha value is -0.630. The van der Waals surface area contributed by atoms with Gasteiger partial charge >= 0.3 is 0 Å². The Morgan fingerprint density at radius 1 is 1.44 bits per heavy atom. The number of hydrogen-bond acceptors (Lipinski definition) is 4. The highest BCUT2D eigenvalue weighted by molar-refractivity contribution is 7.89. The summed E-state index contributed by atoms with van der Waals surface area (Å²) < 4.78 is 37.3. The zero-order valence-corrected chi connectivity index (χ0v) is 12.5. The fourth-order valence-electron chi connectivity index (χ4n) is 1.35. The molecule has 18 heavy (non-hydrogen) atoms. The first-order valence-electron chi connectivity index (χ1n) is 5.09. The number of nitrogens with one attached hydrogen (secondary N) is 1. The number of sulfonamides is 1. The van der Waals surface area contributed by atoms with Gasteiger partial charge in [0.25, 0.3) is 0 Å².